The van der Waals surface area contributed by atoms with Gasteiger partial charge in [-0.3, -0.25) is 14.9 Å². The number of aromatic nitrogens is 2. The van der Waals surface area contributed by atoms with Crippen LogP contribution >= 0.6 is 11.3 Å². The quantitative estimate of drug-likeness (QED) is 0.850. The van der Waals surface area contributed by atoms with Gasteiger partial charge < -0.3 is 5.32 Å². The molecule has 1 aliphatic carbocycles. The van der Waals surface area contributed by atoms with Crippen LogP contribution in [0.4, 0.5) is 10.8 Å². The molecule has 2 aromatic rings. The van der Waals surface area contributed by atoms with Crippen LogP contribution in [-0.4, -0.2) is 22.0 Å². The lowest BCUT2D eigenvalue weighted by Crippen LogP contribution is -2.26. The number of benzene rings is 1. The van der Waals surface area contributed by atoms with Crippen molar-refractivity contribution in [2.45, 2.75) is 45.4 Å². The number of nitrogens with zero attached hydrogens (tertiary/aromatic N) is 2. The van der Waals surface area contributed by atoms with E-state index in [2.05, 4.69) is 20.8 Å². The van der Waals surface area contributed by atoms with E-state index in [0.717, 1.165) is 37.1 Å². The first-order valence-electron chi connectivity index (χ1n) is 8.71. The molecule has 7 heteroatoms. The molecule has 0 atom stereocenters. The van der Waals surface area contributed by atoms with Crippen LogP contribution in [0.3, 0.4) is 0 Å². The summed E-state index contributed by atoms with van der Waals surface area (Å²) in [5, 5.41) is 15.0. The molecule has 1 aliphatic rings. The van der Waals surface area contributed by atoms with Gasteiger partial charge in [0.2, 0.25) is 11.0 Å². The number of hydrogen-bond acceptors (Lipinski definition) is 5. The first-order chi connectivity index (χ1) is 12.2. The minimum atomic E-state index is -0.293. The van der Waals surface area contributed by atoms with Gasteiger partial charge >= 0.3 is 0 Å². The summed E-state index contributed by atoms with van der Waals surface area (Å²) in [7, 11) is 0. The van der Waals surface area contributed by atoms with Gasteiger partial charge in [-0.15, -0.1) is 10.2 Å². The number of anilines is 2. The van der Waals surface area contributed by atoms with E-state index < -0.39 is 0 Å². The van der Waals surface area contributed by atoms with Crippen LogP contribution in [0.25, 0.3) is 0 Å². The highest BCUT2D eigenvalue weighted by molar-refractivity contribution is 7.15. The minimum absolute atomic E-state index is 0.00383. The average molecular weight is 358 g/mol. The van der Waals surface area contributed by atoms with Gasteiger partial charge in [0.1, 0.15) is 5.01 Å². The molecule has 1 aromatic carbocycles. The second kappa shape index (κ2) is 8.20. The maximum absolute atomic E-state index is 12.6. The van der Waals surface area contributed by atoms with E-state index in [-0.39, 0.29) is 17.7 Å². The molecule has 3 rings (SSSR count). The molecular weight excluding hydrogens is 336 g/mol. The molecule has 0 saturated heterocycles. The van der Waals surface area contributed by atoms with Gasteiger partial charge in [-0.1, -0.05) is 49.7 Å². The van der Waals surface area contributed by atoms with Gasteiger partial charge in [-0.05, 0) is 31.4 Å². The van der Waals surface area contributed by atoms with Crippen molar-refractivity contribution in [1.82, 2.24) is 10.2 Å². The number of hydrogen-bond donors (Lipinski definition) is 2. The zero-order valence-electron chi connectivity index (χ0n) is 14.2. The number of carbonyl (C=O) groups excluding carboxylic acids is 2. The Balaban J connectivity index is 1.71. The Bertz CT molecular complexity index is 753. The second-order valence-corrected chi connectivity index (χ2v) is 7.24. The SMILES string of the molecule is CCc1nnc(NC(=O)c2ccccc2NC(=O)C2CCCCC2)s1. The van der Waals surface area contributed by atoms with Crippen molar-refractivity contribution < 1.29 is 9.59 Å². The summed E-state index contributed by atoms with van der Waals surface area (Å²) in [5.74, 6) is -0.248. The smallest absolute Gasteiger partial charge is 0.259 e. The highest BCUT2D eigenvalue weighted by atomic mass is 32.1. The summed E-state index contributed by atoms with van der Waals surface area (Å²) in [4.78, 5) is 25.0. The minimum Gasteiger partial charge on any atom is -0.325 e. The normalized spacial score (nSPS) is 14.9. The number of para-hydroxylation sites is 1. The van der Waals surface area contributed by atoms with E-state index in [1.54, 1.807) is 18.2 Å². The van der Waals surface area contributed by atoms with Crippen molar-refractivity contribution in [3.8, 4) is 0 Å². The number of nitrogens with one attached hydrogen (secondary N) is 2. The number of amides is 2. The highest BCUT2D eigenvalue weighted by Crippen LogP contribution is 2.26. The lowest BCUT2D eigenvalue weighted by atomic mass is 9.88. The molecule has 2 amide bonds. The Morgan fingerprint density at radius 3 is 2.60 bits per heavy atom. The Hall–Kier alpha value is -2.28. The third-order valence-electron chi connectivity index (χ3n) is 4.40. The first-order valence-corrected chi connectivity index (χ1v) is 9.52. The summed E-state index contributed by atoms with van der Waals surface area (Å²) >= 11 is 1.36. The first kappa shape index (κ1) is 17.5. The van der Waals surface area contributed by atoms with Crippen LogP contribution in [0.5, 0.6) is 0 Å². The predicted octanol–water partition coefficient (Wildman–Crippen LogP) is 3.87. The summed E-state index contributed by atoms with van der Waals surface area (Å²) in [6.07, 6.45) is 6.01. The standard InChI is InChI=1S/C18H22N4O2S/c1-2-15-21-22-18(25-15)20-17(24)13-10-6-7-11-14(13)19-16(23)12-8-4-3-5-9-12/h6-7,10-12H,2-5,8-9H2,1H3,(H,19,23)(H,20,22,24). The van der Waals surface area contributed by atoms with Gasteiger partial charge in [0.25, 0.3) is 5.91 Å². The van der Waals surface area contributed by atoms with E-state index >= 15 is 0 Å². The van der Waals surface area contributed by atoms with E-state index in [1.165, 1.54) is 17.8 Å². The number of carbonyl (C=O) groups is 2. The fraction of sp³-hybridized carbons (Fsp3) is 0.444. The van der Waals surface area contributed by atoms with E-state index in [0.29, 0.717) is 16.4 Å². The molecule has 1 saturated carbocycles. The monoisotopic (exact) mass is 358 g/mol. The molecule has 0 radical (unpaired) electrons. The fourth-order valence-corrected chi connectivity index (χ4v) is 3.68. The number of aryl methyl sites for hydroxylation is 1. The lowest BCUT2D eigenvalue weighted by Gasteiger charge is -2.21. The Kier molecular flexibility index (Phi) is 5.75. The van der Waals surface area contributed by atoms with Gasteiger partial charge in [-0.2, -0.15) is 0 Å². The maximum atomic E-state index is 12.6. The summed E-state index contributed by atoms with van der Waals surface area (Å²) in [6, 6.07) is 7.05. The van der Waals surface area contributed by atoms with Gasteiger partial charge in [0, 0.05) is 5.92 Å². The van der Waals surface area contributed by atoms with Crippen molar-refractivity contribution >= 4 is 34.0 Å². The number of rotatable bonds is 5. The highest BCUT2D eigenvalue weighted by Gasteiger charge is 2.22. The van der Waals surface area contributed by atoms with Crippen molar-refractivity contribution in [2.75, 3.05) is 10.6 Å². The van der Waals surface area contributed by atoms with Gasteiger partial charge in [0.05, 0.1) is 11.3 Å². The Morgan fingerprint density at radius 2 is 1.88 bits per heavy atom. The van der Waals surface area contributed by atoms with Crippen molar-refractivity contribution in [1.29, 1.82) is 0 Å². The molecule has 0 bridgehead atoms. The Labute approximate surface area is 151 Å². The topological polar surface area (TPSA) is 84.0 Å². The molecule has 6 nitrogen and oxygen atoms in total. The molecule has 1 aromatic heterocycles. The van der Waals surface area contributed by atoms with Crippen LogP contribution in [0.1, 0.15) is 54.4 Å². The van der Waals surface area contributed by atoms with Crippen molar-refractivity contribution in [3.63, 3.8) is 0 Å². The third-order valence-corrected chi connectivity index (χ3v) is 5.38. The summed E-state index contributed by atoms with van der Waals surface area (Å²) < 4.78 is 0. The molecule has 0 unspecified atom stereocenters. The third kappa shape index (κ3) is 4.42. The zero-order chi connectivity index (χ0) is 17.6. The molecule has 0 spiro atoms. The molecule has 1 heterocycles. The summed E-state index contributed by atoms with van der Waals surface area (Å²) in [6.45, 7) is 1.99. The molecule has 25 heavy (non-hydrogen) atoms. The van der Waals surface area contributed by atoms with Gasteiger partial charge in [0.15, 0.2) is 0 Å². The summed E-state index contributed by atoms with van der Waals surface area (Å²) in [5.41, 5.74) is 0.968. The second-order valence-electron chi connectivity index (χ2n) is 6.18. The average Bonchev–Trinajstić information content (AvgIpc) is 3.10. The lowest BCUT2D eigenvalue weighted by molar-refractivity contribution is -0.120. The van der Waals surface area contributed by atoms with Gasteiger partial charge in [-0.25, -0.2) is 0 Å². The van der Waals surface area contributed by atoms with Crippen LogP contribution in [0.15, 0.2) is 24.3 Å². The van der Waals surface area contributed by atoms with Crippen LogP contribution in [0.2, 0.25) is 0 Å². The van der Waals surface area contributed by atoms with E-state index in [4.69, 9.17) is 0 Å². The van der Waals surface area contributed by atoms with E-state index in [9.17, 15) is 9.59 Å². The maximum Gasteiger partial charge on any atom is 0.259 e. The molecule has 2 N–H and O–H groups in total. The van der Waals surface area contributed by atoms with Crippen LogP contribution in [0, 0.1) is 5.92 Å². The Morgan fingerprint density at radius 1 is 1.12 bits per heavy atom. The molecule has 0 aliphatic heterocycles. The molecule has 132 valence electrons. The zero-order valence-corrected chi connectivity index (χ0v) is 15.1. The van der Waals surface area contributed by atoms with Crippen LogP contribution in [-0.2, 0) is 11.2 Å². The van der Waals surface area contributed by atoms with Crippen molar-refractivity contribution in [2.24, 2.45) is 5.92 Å². The molecular formula is C18H22N4O2S. The van der Waals surface area contributed by atoms with Crippen molar-refractivity contribution in [3.05, 3.63) is 34.8 Å². The molecule has 1 fully saturated rings. The van der Waals surface area contributed by atoms with Crippen LogP contribution < -0.4 is 10.6 Å². The largest absolute Gasteiger partial charge is 0.325 e. The fourth-order valence-electron chi connectivity index (χ4n) is 3.00. The predicted molar refractivity (Wildman–Crippen MR) is 98.9 cm³/mol. The van der Waals surface area contributed by atoms with E-state index in [1.807, 2.05) is 13.0 Å².